The smallest absolute Gasteiger partial charge is 0.293 e. The van der Waals surface area contributed by atoms with Gasteiger partial charge in [-0.2, -0.15) is 0 Å². The van der Waals surface area contributed by atoms with Crippen LogP contribution in [0.3, 0.4) is 0 Å². The molecule has 6 heteroatoms. The lowest BCUT2D eigenvalue weighted by molar-refractivity contribution is -0.123. The van der Waals surface area contributed by atoms with Crippen LogP contribution in [0.15, 0.2) is 95.9 Å². The molecular weight excluding hydrogens is 466 g/mol. The molecule has 34 heavy (non-hydrogen) atoms. The molecule has 1 heterocycles. The van der Waals surface area contributed by atoms with Crippen molar-refractivity contribution < 1.29 is 14.3 Å². The molecule has 4 aromatic carbocycles. The second kappa shape index (κ2) is 9.75. The molecule has 4 aromatic rings. The molecule has 1 aliphatic rings. The third-order valence-corrected chi connectivity index (χ3v) is 6.69. The van der Waals surface area contributed by atoms with Crippen LogP contribution >= 0.6 is 23.4 Å². The van der Waals surface area contributed by atoms with E-state index in [0.717, 1.165) is 39.2 Å². The summed E-state index contributed by atoms with van der Waals surface area (Å²) in [6.45, 7) is 0.575. The number of ether oxygens (including phenoxy) is 1. The van der Waals surface area contributed by atoms with Crippen molar-refractivity contribution in [2.45, 2.75) is 13.2 Å². The summed E-state index contributed by atoms with van der Waals surface area (Å²) < 4.78 is 6.16. The fraction of sp³-hybridized carbons (Fsp3) is 0.0714. The highest BCUT2D eigenvalue weighted by atomic mass is 35.5. The number of thioether (sulfide) groups is 1. The fourth-order valence-electron chi connectivity index (χ4n) is 3.87. The van der Waals surface area contributed by atoms with E-state index in [1.807, 2.05) is 72.8 Å². The SMILES string of the molecule is O=C1S/C(=C\c2c(OCc3ccccc3)ccc3ccccc23)C(=O)N1Cc1cccc(Cl)c1. The van der Waals surface area contributed by atoms with Gasteiger partial charge in [-0.05, 0) is 57.9 Å². The number of rotatable bonds is 6. The van der Waals surface area contributed by atoms with Gasteiger partial charge in [0.2, 0.25) is 0 Å². The van der Waals surface area contributed by atoms with Gasteiger partial charge in [0, 0.05) is 10.6 Å². The van der Waals surface area contributed by atoms with E-state index in [1.54, 1.807) is 24.3 Å². The van der Waals surface area contributed by atoms with Gasteiger partial charge in [0.15, 0.2) is 0 Å². The predicted molar refractivity (Wildman–Crippen MR) is 138 cm³/mol. The maximum absolute atomic E-state index is 13.2. The van der Waals surface area contributed by atoms with Gasteiger partial charge in [-0.25, -0.2) is 0 Å². The standard InChI is InChI=1S/C28H20ClNO3S/c29-22-11-6-9-20(15-22)17-30-27(31)26(34-28(30)32)16-24-23-12-5-4-10-21(23)13-14-25(24)33-18-19-7-2-1-3-8-19/h1-16H,17-18H2/b26-16-. The Labute approximate surface area is 206 Å². The minimum Gasteiger partial charge on any atom is -0.488 e. The molecular formula is C28H20ClNO3S. The van der Waals surface area contributed by atoms with Crippen LogP contribution in [-0.2, 0) is 17.9 Å². The van der Waals surface area contributed by atoms with Crippen molar-refractivity contribution in [2.75, 3.05) is 0 Å². The predicted octanol–water partition coefficient (Wildman–Crippen LogP) is 7.31. The summed E-state index contributed by atoms with van der Waals surface area (Å²) in [6, 6.07) is 28.9. The normalized spacial score (nSPS) is 14.9. The molecule has 2 amide bonds. The lowest BCUT2D eigenvalue weighted by Gasteiger charge is -2.14. The van der Waals surface area contributed by atoms with E-state index in [0.29, 0.717) is 22.3 Å². The van der Waals surface area contributed by atoms with Crippen molar-refractivity contribution in [1.82, 2.24) is 4.90 Å². The van der Waals surface area contributed by atoms with Gasteiger partial charge in [0.05, 0.1) is 11.4 Å². The molecule has 0 saturated carbocycles. The number of benzene rings is 4. The Bertz CT molecular complexity index is 1420. The number of fused-ring (bicyclic) bond motifs is 1. The lowest BCUT2D eigenvalue weighted by Crippen LogP contribution is -2.27. The number of imide groups is 1. The Morgan fingerprint density at radius 3 is 2.44 bits per heavy atom. The van der Waals surface area contributed by atoms with Gasteiger partial charge in [-0.1, -0.05) is 84.4 Å². The first-order chi connectivity index (χ1) is 16.6. The van der Waals surface area contributed by atoms with Crippen molar-refractivity contribution >= 4 is 51.4 Å². The first kappa shape index (κ1) is 22.3. The minimum atomic E-state index is -0.322. The molecule has 1 fully saturated rings. The van der Waals surface area contributed by atoms with Gasteiger partial charge < -0.3 is 4.74 Å². The summed E-state index contributed by atoms with van der Waals surface area (Å²) in [4.78, 5) is 27.5. The number of nitrogens with zero attached hydrogens (tertiary/aromatic N) is 1. The summed E-state index contributed by atoms with van der Waals surface area (Å²) in [6.07, 6.45) is 1.77. The molecule has 1 aliphatic heterocycles. The number of halogens is 1. The average Bonchev–Trinajstić information content (AvgIpc) is 3.11. The first-order valence-electron chi connectivity index (χ1n) is 10.8. The molecule has 1 saturated heterocycles. The fourth-order valence-corrected chi connectivity index (χ4v) is 4.90. The number of amides is 2. The van der Waals surface area contributed by atoms with Crippen LogP contribution < -0.4 is 4.74 Å². The van der Waals surface area contributed by atoms with Crippen molar-refractivity contribution in [3.63, 3.8) is 0 Å². The second-order valence-electron chi connectivity index (χ2n) is 7.87. The van der Waals surface area contributed by atoms with Crippen LogP contribution in [0.1, 0.15) is 16.7 Å². The van der Waals surface area contributed by atoms with Crippen LogP contribution in [0.2, 0.25) is 5.02 Å². The Kier molecular flexibility index (Phi) is 6.39. The number of carbonyl (C=O) groups is 2. The number of hydrogen-bond donors (Lipinski definition) is 0. The van der Waals surface area contributed by atoms with Crippen molar-refractivity contribution in [1.29, 1.82) is 0 Å². The van der Waals surface area contributed by atoms with E-state index in [2.05, 4.69) is 0 Å². The Morgan fingerprint density at radius 1 is 0.853 bits per heavy atom. The Balaban J connectivity index is 1.48. The van der Waals surface area contributed by atoms with Crippen LogP contribution in [-0.4, -0.2) is 16.0 Å². The van der Waals surface area contributed by atoms with E-state index < -0.39 is 0 Å². The molecule has 0 aliphatic carbocycles. The molecule has 0 unspecified atom stereocenters. The Morgan fingerprint density at radius 2 is 1.62 bits per heavy atom. The van der Waals surface area contributed by atoms with Crippen molar-refractivity contribution in [3.05, 3.63) is 118 Å². The largest absolute Gasteiger partial charge is 0.488 e. The van der Waals surface area contributed by atoms with Crippen LogP contribution in [0, 0.1) is 0 Å². The van der Waals surface area contributed by atoms with Crippen LogP contribution in [0.25, 0.3) is 16.8 Å². The molecule has 4 nitrogen and oxygen atoms in total. The van der Waals surface area contributed by atoms with Gasteiger partial charge in [-0.15, -0.1) is 0 Å². The monoisotopic (exact) mass is 485 g/mol. The topological polar surface area (TPSA) is 46.6 Å². The van der Waals surface area contributed by atoms with Gasteiger partial charge in [0.25, 0.3) is 11.1 Å². The second-order valence-corrected chi connectivity index (χ2v) is 9.30. The summed E-state index contributed by atoms with van der Waals surface area (Å²) >= 11 is 7.01. The zero-order valence-corrected chi connectivity index (χ0v) is 19.7. The molecule has 0 radical (unpaired) electrons. The van der Waals surface area contributed by atoms with E-state index in [4.69, 9.17) is 16.3 Å². The van der Waals surface area contributed by atoms with Gasteiger partial charge in [0.1, 0.15) is 12.4 Å². The van der Waals surface area contributed by atoms with Crippen LogP contribution in [0.5, 0.6) is 5.75 Å². The molecule has 0 bridgehead atoms. The number of carbonyl (C=O) groups excluding carboxylic acids is 2. The summed E-state index contributed by atoms with van der Waals surface area (Å²) in [5, 5.41) is 2.24. The van der Waals surface area contributed by atoms with E-state index in [9.17, 15) is 9.59 Å². The highest BCUT2D eigenvalue weighted by molar-refractivity contribution is 8.18. The molecule has 0 aromatic heterocycles. The third kappa shape index (κ3) is 4.72. The zero-order valence-electron chi connectivity index (χ0n) is 18.1. The highest BCUT2D eigenvalue weighted by Gasteiger charge is 2.35. The molecule has 0 N–H and O–H groups in total. The molecule has 0 atom stereocenters. The van der Waals surface area contributed by atoms with Crippen molar-refractivity contribution in [3.8, 4) is 5.75 Å². The highest BCUT2D eigenvalue weighted by Crippen LogP contribution is 2.37. The Hall–Kier alpha value is -3.54. The minimum absolute atomic E-state index is 0.176. The van der Waals surface area contributed by atoms with E-state index >= 15 is 0 Å². The van der Waals surface area contributed by atoms with E-state index in [1.165, 1.54) is 4.90 Å². The molecule has 5 rings (SSSR count). The van der Waals surface area contributed by atoms with Gasteiger partial charge >= 0.3 is 0 Å². The number of hydrogen-bond acceptors (Lipinski definition) is 4. The maximum Gasteiger partial charge on any atom is 0.293 e. The maximum atomic E-state index is 13.2. The summed E-state index contributed by atoms with van der Waals surface area (Å²) in [7, 11) is 0. The molecule has 168 valence electrons. The van der Waals surface area contributed by atoms with Gasteiger partial charge in [-0.3, -0.25) is 14.5 Å². The summed E-state index contributed by atoms with van der Waals surface area (Å²) in [5.41, 5.74) is 2.62. The van der Waals surface area contributed by atoms with Crippen LogP contribution in [0.4, 0.5) is 4.79 Å². The summed E-state index contributed by atoms with van der Waals surface area (Å²) in [5.74, 6) is 0.334. The van der Waals surface area contributed by atoms with Crippen molar-refractivity contribution in [2.24, 2.45) is 0 Å². The van der Waals surface area contributed by atoms with E-state index in [-0.39, 0.29) is 17.7 Å². The quantitative estimate of drug-likeness (QED) is 0.269. The molecule has 0 spiro atoms. The average molecular weight is 486 g/mol. The third-order valence-electron chi connectivity index (χ3n) is 5.55. The lowest BCUT2D eigenvalue weighted by atomic mass is 10.0. The first-order valence-corrected chi connectivity index (χ1v) is 12.0. The zero-order chi connectivity index (χ0) is 23.5.